The number of benzene rings is 2. The summed E-state index contributed by atoms with van der Waals surface area (Å²) >= 11 is 0. The molecule has 2 saturated heterocycles. The number of piperidine rings is 2. The van der Waals surface area contributed by atoms with Crippen molar-refractivity contribution in [3.8, 4) is 0 Å². The van der Waals surface area contributed by atoms with E-state index in [0.29, 0.717) is 18.7 Å². The van der Waals surface area contributed by atoms with E-state index in [-0.39, 0.29) is 23.1 Å². The van der Waals surface area contributed by atoms with Crippen molar-refractivity contribution < 1.29 is 22.4 Å². The fourth-order valence-corrected chi connectivity index (χ4v) is 5.50. The second kappa shape index (κ2) is 8.75. The van der Waals surface area contributed by atoms with E-state index in [4.69, 9.17) is 0 Å². The highest BCUT2D eigenvalue weighted by atomic mass is 19.4. The molecule has 1 N–H and O–H groups in total. The number of alkyl halides is 3. The number of nitrogens with one attached hydrogen (secondary N) is 1. The van der Waals surface area contributed by atoms with Crippen molar-refractivity contribution in [2.75, 3.05) is 26.2 Å². The first-order chi connectivity index (χ1) is 15.5. The van der Waals surface area contributed by atoms with Gasteiger partial charge in [0, 0.05) is 25.6 Å². The standard InChI is InChI=1S/C26H30F4N2O/c1-24(2,19-4-3-5-20(16-19)26(28,29)30)23(33)32-14-11-25(12-15-32)10-13-31-17-22(25)18-6-8-21(27)9-7-18/h3-9,16,22,31H,10-15,17H2,1-2H3/t22-/m0/s1. The van der Waals surface area contributed by atoms with E-state index in [1.807, 2.05) is 12.1 Å². The Morgan fingerprint density at radius 1 is 1.00 bits per heavy atom. The number of hydrogen-bond donors (Lipinski definition) is 1. The Kier molecular flexibility index (Phi) is 6.29. The number of rotatable bonds is 3. The van der Waals surface area contributed by atoms with Crippen LogP contribution >= 0.6 is 0 Å². The molecule has 0 aliphatic carbocycles. The van der Waals surface area contributed by atoms with Gasteiger partial charge in [-0.25, -0.2) is 4.39 Å². The SMILES string of the molecule is CC(C)(C(=O)N1CCC2(CCNC[C@H]2c2ccc(F)cc2)CC1)c1cccc(C(F)(F)F)c1. The van der Waals surface area contributed by atoms with Gasteiger partial charge in [0.05, 0.1) is 11.0 Å². The zero-order valence-corrected chi connectivity index (χ0v) is 19.0. The number of nitrogens with zero attached hydrogens (tertiary/aromatic N) is 1. The topological polar surface area (TPSA) is 32.3 Å². The van der Waals surface area contributed by atoms with Gasteiger partial charge in [0.1, 0.15) is 5.82 Å². The van der Waals surface area contributed by atoms with Crippen LogP contribution in [-0.2, 0) is 16.4 Å². The minimum absolute atomic E-state index is 0.0280. The van der Waals surface area contributed by atoms with Crippen LogP contribution in [0.3, 0.4) is 0 Å². The Bertz CT molecular complexity index is 992. The monoisotopic (exact) mass is 462 g/mol. The highest BCUT2D eigenvalue weighted by Crippen LogP contribution is 2.49. The predicted molar refractivity (Wildman–Crippen MR) is 119 cm³/mol. The van der Waals surface area contributed by atoms with Gasteiger partial charge < -0.3 is 10.2 Å². The molecule has 0 aromatic heterocycles. The molecule has 4 rings (SSSR count). The molecule has 0 radical (unpaired) electrons. The Morgan fingerprint density at radius 3 is 2.27 bits per heavy atom. The van der Waals surface area contributed by atoms with Crippen LogP contribution in [0.5, 0.6) is 0 Å². The lowest BCUT2D eigenvalue weighted by molar-refractivity contribution is -0.140. The van der Waals surface area contributed by atoms with Crippen molar-refractivity contribution >= 4 is 5.91 Å². The molecule has 33 heavy (non-hydrogen) atoms. The van der Waals surface area contributed by atoms with E-state index >= 15 is 0 Å². The van der Waals surface area contributed by atoms with Gasteiger partial charge in [-0.2, -0.15) is 13.2 Å². The molecule has 1 spiro atoms. The van der Waals surface area contributed by atoms with E-state index in [1.54, 1.807) is 24.8 Å². The van der Waals surface area contributed by atoms with Crippen molar-refractivity contribution in [1.29, 1.82) is 0 Å². The second-order valence-corrected chi connectivity index (χ2v) is 9.92. The summed E-state index contributed by atoms with van der Waals surface area (Å²) in [4.78, 5) is 15.2. The Morgan fingerprint density at radius 2 is 1.64 bits per heavy atom. The number of halogens is 4. The van der Waals surface area contributed by atoms with Crippen LogP contribution in [-0.4, -0.2) is 37.0 Å². The minimum atomic E-state index is -4.45. The molecule has 2 aromatic rings. The van der Waals surface area contributed by atoms with E-state index in [1.165, 1.54) is 18.2 Å². The molecular formula is C26H30F4N2O. The van der Waals surface area contributed by atoms with Gasteiger partial charge >= 0.3 is 6.18 Å². The summed E-state index contributed by atoms with van der Waals surface area (Å²) in [5.74, 6) is -0.168. The lowest BCUT2D eigenvalue weighted by Crippen LogP contribution is -2.53. The van der Waals surface area contributed by atoms with Crippen LogP contribution in [0, 0.1) is 11.2 Å². The molecular weight excluding hydrogens is 432 g/mol. The largest absolute Gasteiger partial charge is 0.416 e. The molecule has 7 heteroatoms. The Labute approximate surface area is 192 Å². The smallest absolute Gasteiger partial charge is 0.342 e. The molecule has 2 aromatic carbocycles. The van der Waals surface area contributed by atoms with Gasteiger partial charge in [-0.05, 0) is 74.4 Å². The summed E-state index contributed by atoms with van der Waals surface area (Å²) in [7, 11) is 0. The first kappa shape index (κ1) is 23.7. The number of hydrogen-bond acceptors (Lipinski definition) is 2. The van der Waals surface area contributed by atoms with Crippen LogP contribution < -0.4 is 5.32 Å². The fraction of sp³-hybridized carbons (Fsp3) is 0.500. The van der Waals surface area contributed by atoms with Gasteiger partial charge in [-0.15, -0.1) is 0 Å². The third kappa shape index (κ3) is 4.65. The lowest BCUT2D eigenvalue weighted by Gasteiger charge is -2.50. The van der Waals surface area contributed by atoms with E-state index in [9.17, 15) is 22.4 Å². The van der Waals surface area contributed by atoms with E-state index in [2.05, 4.69) is 5.32 Å². The average molecular weight is 463 g/mol. The highest BCUT2D eigenvalue weighted by molar-refractivity contribution is 5.87. The van der Waals surface area contributed by atoms with Crippen molar-refractivity contribution in [3.05, 3.63) is 71.0 Å². The minimum Gasteiger partial charge on any atom is -0.342 e. The zero-order valence-electron chi connectivity index (χ0n) is 19.0. The van der Waals surface area contributed by atoms with Crippen molar-refractivity contribution in [2.45, 2.75) is 50.6 Å². The van der Waals surface area contributed by atoms with Crippen LogP contribution in [0.1, 0.15) is 55.7 Å². The summed E-state index contributed by atoms with van der Waals surface area (Å²) < 4.78 is 53.0. The first-order valence-corrected chi connectivity index (χ1v) is 11.5. The number of carbonyl (C=O) groups excluding carboxylic acids is 1. The van der Waals surface area contributed by atoms with E-state index in [0.717, 1.165) is 50.0 Å². The predicted octanol–water partition coefficient (Wildman–Crippen LogP) is 5.51. The summed E-state index contributed by atoms with van der Waals surface area (Å²) in [6.07, 6.45) is -1.83. The molecule has 1 amide bonds. The van der Waals surface area contributed by atoms with Gasteiger partial charge in [0.25, 0.3) is 0 Å². The summed E-state index contributed by atoms with van der Waals surface area (Å²) in [6.45, 7) is 6.25. The second-order valence-electron chi connectivity index (χ2n) is 9.92. The maximum absolute atomic E-state index is 13.4. The van der Waals surface area contributed by atoms with Gasteiger partial charge in [-0.3, -0.25) is 4.79 Å². The number of carbonyl (C=O) groups is 1. The molecule has 2 aliphatic heterocycles. The molecule has 2 fully saturated rings. The third-order valence-electron chi connectivity index (χ3n) is 7.65. The third-order valence-corrected chi connectivity index (χ3v) is 7.65. The maximum atomic E-state index is 13.4. The van der Waals surface area contributed by atoms with Crippen molar-refractivity contribution in [1.82, 2.24) is 10.2 Å². The van der Waals surface area contributed by atoms with E-state index < -0.39 is 17.2 Å². The first-order valence-electron chi connectivity index (χ1n) is 11.5. The van der Waals surface area contributed by atoms with Crippen molar-refractivity contribution in [3.63, 3.8) is 0 Å². The number of amides is 1. The van der Waals surface area contributed by atoms with Crippen LogP contribution in [0.25, 0.3) is 0 Å². The van der Waals surface area contributed by atoms with Crippen molar-refractivity contribution in [2.24, 2.45) is 5.41 Å². The summed E-state index contributed by atoms with van der Waals surface area (Å²) in [5.41, 5.74) is -0.298. The molecule has 0 unspecified atom stereocenters. The van der Waals surface area contributed by atoms with Gasteiger partial charge in [0.15, 0.2) is 0 Å². The van der Waals surface area contributed by atoms with Gasteiger partial charge in [-0.1, -0.05) is 30.3 Å². The molecule has 2 aliphatic rings. The number of likely N-dealkylation sites (tertiary alicyclic amines) is 1. The molecule has 3 nitrogen and oxygen atoms in total. The van der Waals surface area contributed by atoms with Gasteiger partial charge in [0.2, 0.25) is 5.91 Å². The maximum Gasteiger partial charge on any atom is 0.416 e. The fourth-order valence-electron chi connectivity index (χ4n) is 5.50. The average Bonchev–Trinajstić information content (AvgIpc) is 2.80. The molecule has 0 bridgehead atoms. The molecule has 1 atom stereocenters. The quantitative estimate of drug-likeness (QED) is 0.611. The summed E-state index contributed by atoms with van der Waals surface area (Å²) in [6, 6.07) is 11.8. The Hall–Kier alpha value is -2.41. The molecule has 2 heterocycles. The lowest BCUT2D eigenvalue weighted by atomic mass is 9.62. The van der Waals surface area contributed by atoms with Crippen LogP contribution in [0.4, 0.5) is 17.6 Å². The zero-order chi connectivity index (χ0) is 23.9. The summed E-state index contributed by atoms with van der Waals surface area (Å²) in [5, 5.41) is 3.45. The molecule has 178 valence electrons. The molecule has 0 saturated carbocycles. The normalized spacial score (nSPS) is 21.3. The highest BCUT2D eigenvalue weighted by Gasteiger charge is 2.46. The Balaban J connectivity index is 1.50. The van der Waals surface area contributed by atoms with Crippen LogP contribution in [0.2, 0.25) is 0 Å². The van der Waals surface area contributed by atoms with Crippen LogP contribution in [0.15, 0.2) is 48.5 Å².